The number of hydrogen-bond acceptors (Lipinski definition) is 4. The molecule has 5 nitrogen and oxygen atoms in total. The van der Waals surface area contributed by atoms with Gasteiger partial charge in [0.1, 0.15) is 0 Å². The highest BCUT2D eigenvalue weighted by Crippen LogP contribution is 2.15. The number of carbonyl (C=O) groups excluding carboxylic acids is 2. The summed E-state index contributed by atoms with van der Waals surface area (Å²) in [5.41, 5.74) is 1.95. The molecule has 1 atom stereocenters. The average molecular weight is 347 g/mol. The highest BCUT2D eigenvalue weighted by molar-refractivity contribution is 6.30. The van der Waals surface area contributed by atoms with Crippen molar-refractivity contribution in [1.82, 2.24) is 0 Å². The third kappa shape index (κ3) is 4.73. The summed E-state index contributed by atoms with van der Waals surface area (Å²) in [5.74, 6) is -0.949. The molecule has 0 saturated carbocycles. The molecule has 0 saturated heterocycles. The number of amides is 1. The van der Waals surface area contributed by atoms with E-state index in [1.54, 1.807) is 36.4 Å². The zero-order chi connectivity index (χ0) is 17.7. The van der Waals surface area contributed by atoms with Crippen molar-refractivity contribution in [2.45, 2.75) is 13.0 Å². The van der Waals surface area contributed by atoms with E-state index in [4.69, 9.17) is 16.3 Å². The summed E-state index contributed by atoms with van der Waals surface area (Å²) in [7, 11) is 3.83. The van der Waals surface area contributed by atoms with E-state index < -0.39 is 18.0 Å². The Morgan fingerprint density at radius 2 is 1.62 bits per heavy atom. The maximum absolute atomic E-state index is 12.1. The molecule has 2 rings (SSSR count). The zero-order valence-electron chi connectivity index (χ0n) is 13.7. The fraction of sp³-hybridized carbons (Fsp3) is 0.222. The second kappa shape index (κ2) is 7.84. The van der Waals surface area contributed by atoms with E-state index in [2.05, 4.69) is 5.32 Å². The van der Waals surface area contributed by atoms with Crippen molar-refractivity contribution in [3.63, 3.8) is 0 Å². The number of hydrogen-bond donors (Lipinski definition) is 1. The van der Waals surface area contributed by atoms with Crippen LogP contribution in [0.4, 0.5) is 11.4 Å². The van der Waals surface area contributed by atoms with E-state index in [0.29, 0.717) is 16.3 Å². The fourth-order valence-corrected chi connectivity index (χ4v) is 2.08. The minimum atomic E-state index is -0.915. The number of ether oxygens (including phenoxy) is 1. The lowest BCUT2D eigenvalue weighted by Gasteiger charge is -2.15. The molecule has 0 bridgehead atoms. The van der Waals surface area contributed by atoms with E-state index in [-0.39, 0.29) is 0 Å². The van der Waals surface area contributed by atoms with Crippen LogP contribution >= 0.6 is 11.6 Å². The first kappa shape index (κ1) is 17.8. The van der Waals surface area contributed by atoms with Gasteiger partial charge in [-0.1, -0.05) is 11.6 Å². The van der Waals surface area contributed by atoms with Crippen molar-refractivity contribution >= 4 is 34.9 Å². The molecule has 0 radical (unpaired) electrons. The van der Waals surface area contributed by atoms with Gasteiger partial charge in [-0.15, -0.1) is 0 Å². The van der Waals surface area contributed by atoms with Crippen LogP contribution in [0.1, 0.15) is 17.3 Å². The van der Waals surface area contributed by atoms with Gasteiger partial charge in [-0.05, 0) is 55.5 Å². The summed E-state index contributed by atoms with van der Waals surface area (Å²) in [6.07, 6.45) is -0.915. The van der Waals surface area contributed by atoms with Crippen LogP contribution in [-0.4, -0.2) is 32.1 Å². The number of esters is 1. The average Bonchev–Trinajstić information content (AvgIpc) is 2.56. The monoisotopic (exact) mass is 346 g/mol. The van der Waals surface area contributed by atoms with Crippen LogP contribution < -0.4 is 10.2 Å². The summed E-state index contributed by atoms with van der Waals surface area (Å²) in [6.45, 7) is 1.53. The van der Waals surface area contributed by atoms with E-state index in [1.807, 2.05) is 31.1 Å². The minimum Gasteiger partial charge on any atom is -0.449 e. The second-order valence-corrected chi connectivity index (χ2v) is 5.92. The van der Waals surface area contributed by atoms with E-state index in [1.165, 1.54) is 6.92 Å². The smallest absolute Gasteiger partial charge is 0.338 e. The van der Waals surface area contributed by atoms with Gasteiger partial charge >= 0.3 is 5.97 Å². The van der Waals surface area contributed by atoms with Gasteiger partial charge in [-0.2, -0.15) is 0 Å². The van der Waals surface area contributed by atoms with Crippen LogP contribution in [0.5, 0.6) is 0 Å². The van der Waals surface area contributed by atoms with Crippen LogP contribution in [0.15, 0.2) is 48.5 Å². The normalized spacial score (nSPS) is 11.5. The van der Waals surface area contributed by atoms with Crippen LogP contribution in [0.25, 0.3) is 0 Å². The second-order valence-electron chi connectivity index (χ2n) is 5.48. The lowest BCUT2D eigenvalue weighted by atomic mass is 10.2. The third-order valence-corrected chi connectivity index (χ3v) is 3.64. The summed E-state index contributed by atoms with van der Waals surface area (Å²) in [6, 6.07) is 13.6. The van der Waals surface area contributed by atoms with Crippen LogP contribution in [0.2, 0.25) is 5.02 Å². The van der Waals surface area contributed by atoms with Gasteiger partial charge in [0, 0.05) is 30.5 Å². The molecule has 0 fully saturated rings. The van der Waals surface area contributed by atoms with Gasteiger partial charge in [-0.25, -0.2) is 4.79 Å². The van der Waals surface area contributed by atoms with Gasteiger partial charge in [-0.3, -0.25) is 4.79 Å². The molecule has 6 heteroatoms. The molecule has 24 heavy (non-hydrogen) atoms. The molecule has 0 aromatic heterocycles. The highest BCUT2D eigenvalue weighted by atomic mass is 35.5. The van der Waals surface area contributed by atoms with E-state index in [9.17, 15) is 9.59 Å². The molecule has 0 aliphatic rings. The van der Waals surface area contributed by atoms with E-state index in [0.717, 1.165) is 5.69 Å². The predicted molar refractivity (Wildman–Crippen MR) is 95.7 cm³/mol. The first-order valence-corrected chi connectivity index (χ1v) is 7.79. The standard InChI is InChI=1S/C18H19ClN2O3/c1-12(17(22)20-15-8-6-14(19)7-9-15)24-18(23)13-4-10-16(11-5-13)21(2)3/h4-12H,1-3H3,(H,20,22)/t12-/m0/s1. The van der Waals surface area contributed by atoms with Gasteiger partial charge in [0.2, 0.25) is 0 Å². The molecule has 0 aliphatic carbocycles. The molecule has 1 N–H and O–H groups in total. The molecule has 0 heterocycles. The first-order valence-electron chi connectivity index (χ1n) is 7.41. The van der Waals surface area contributed by atoms with Gasteiger partial charge in [0.05, 0.1) is 5.56 Å². The zero-order valence-corrected chi connectivity index (χ0v) is 14.5. The highest BCUT2D eigenvalue weighted by Gasteiger charge is 2.19. The Labute approximate surface area is 146 Å². The molecule has 0 spiro atoms. The number of halogens is 1. The molecular formula is C18H19ClN2O3. The largest absolute Gasteiger partial charge is 0.449 e. The maximum atomic E-state index is 12.1. The fourth-order valence-electron chi connectivity index (χ4n) is 1.95. The Bertz CT molecular complexity index is 712. The van der Waals surface area contributed by atoms with Crippen LogP contribution in [0.3, 0.4) is 0 Å². The molecule has 0 unspecified atom stereocenters. The summed E-state index contributed by atoms with van der Waals surface area (Å²) >= 11 is 5.79. The van der Waals surface area contributed by atoms with Crippen molar-refractivity contribution in [1.29, 1.82) is 0 Å². The van der Waals surface area contributed by atoms with Crippen molar-refractivity contribution in [3.05, 3.63) is 59.1 Å². The molecule has 2 aromatic rings. The SMILES string of the molecule is C[C@H](OC(=O)c1ccc(N(C)C)cc1)C(=O)Nc1ccc(Cl)cc1. The summed E-state index contributed by atoms with van der Waals surface area (Å²) < 4.78 is 5.20. The maximum Gasteiger partial charge on any atom is 0.338 e. The number of benzene rings is 2. The predicted octanol–water partition coefficient (Wildman–Crippen LogP) is 3.59. The van der Waals surface area contributed by atoms with Crippen molar-refractivity contribution in [2.24, 2.45) is 0 Å². The van der Waals surface area contributed by atoms with E-state index >= 15 is 0 Å². The van der Waals surface area contributed by atoms with Gasteiger partial charge in [0.25, 0.3) is 5.91 Å². The Hall–Kier alpha value is -2.53. The Morgan fingerprint density at radius 3 is 2.17 bits per heavy atom. The van der Waals surface area contributed by atoms with Gasteiger partial charge in [0.15, 0.2) is 6.10 Å². The molecule has 126 valence electrons. The third-order valence-electron chi connectivity index (χ3n) is 3.38. The number of rotatable bonds is 5. The van der Waals surface area contributed by atoms with Crippen molar-refractivity contribution in [3.8, 4) is 0 Å². The number of nitrogens with zero attached hydrogens (tertiary/aromatic N) is 1. The quantitative estimate of drug-likeness (QED) is 0.840. The van der Waals surface area contributed by atoms with Crippen LogP contribution in [-0.2, 0) is 9.53 Å². The molecule has 2 aromatic carbocycles. The number of carbonyl (C=O) groups is 2. The van der Waals surface area contributed by atoms with Crippen LogP contribution in [0, 0.1) is 0 Å². The van der Waals surface area contributed by atoms with Crippen molar-refractivity contribution < 1.29 is 14.3 Å². The molecule has 0 aliphatic heterocycles. The summed E-state index contributed by atoms with van der Waals surface area (Å²) in [4.78, 5) is 26.1. The Morgan fingerprint density at radius 1 is 1.04 bits per heavy atom. The lowest BCUT2D eigenvalue weighted by molar-refractivity contribution is -0.123. The molecule has 1 amide bonds. The Balaban J connectivity index is 1.94. The van der Waals surface area contributed by atoms with Crippen molar-refractivity contribution in [2.75, 3.05) is 24.3 Å². The first-order chi connectivity index (χ1) is 11.4. The number of nitrogens with one attached hydrogen (secondary N) is 1. The molecular weight excluding hydrogens is 328 g/mol. The Kier molecular flexibility index (Phi) is 5.82. The lowest BCUT2D eigenvalue weighted by Crippen LogP contribution is -2.30. The summed E-state index contributed by atoms with van der Waals surface area (Å²) in [5, 5.41) is 3.25. The minimum absolute atomic E-state index is 0.395. The van der Waals surface area contributed by atoms with Gasteiger partial charge < -0.3 is 15.0 Å². The number of anilines is 2. The topological polar surface area (TPSA) is 58.6 Å².